The molecular weight excluding hydrogens is 292 g/mol. The highest BCUT2D eigenvalue weighted by atomic mass is 32.2. The molecule has 2 unspecified atom stereocenters. The van der Waals surface area contributed by atoms with Gasteiger partial charge in [0.25, 0.3) is 0 Å². The van der Waals surface area contributed by atoms with Crippen molar-refractivity contribution in [1.29, 1.82) is 0 Å². The highest BCUT2D eigenvalue weighted by Gasteiger charge is 2.21. The summed E-state index contributed by atoms with van der Waals surface area (Å²) in [6, 6.07) is 8.79. The molecule has 1 fully saturated rings. The third kappa shape index (κ3) is 5.33. The summed E-state index contributed by atoms with van der Waals surface area (Å²) in [6.45, 7) is 7.54. The van der Waals surface area contributed by atoms with Gasteiger partial charge in [0.1, 0.15) is 0 Å². The van der Waals surface area contributed by atoms with Gasteiger partial charge in [-0.3, -0.25) is 4.79 Å². The van der Waals surface area contributed by atoms with E-state index in [0.29, 0.717) is 18.4 Å². The fraction of sp³-hybridized carbons (Fsp3) is 0.611. The Labute approximate surface area is 138 Å². The Morgan fingerprint density at radius 3 is 2.82 bits per heavy atom. The maximum Gasteiger partial charge on any atom is 0.222 e. The van der Waals surface area contributed by atoms with E-state index in [1.54, 1.807) is 0 Å². The van der Waals surface area contributed by atoms with Gasteiger partial charge in [-0.05, 0) is 30.4 Å². The SMILES string of the molecule is Cc1ccccc1C(CC(C)C)NC(=O)CC1CSCCN1. The number of aryl methyl sites for hydroxylation is 1. The van der Waals surface area contributed by atoms with Crippen LogP contribution >= 0.6 is 11.8 Å². The second kappa shape index (κ2) is 8.59. The van der Waals surface area contributed by atoms with Gasteiger partial charge in [-0.15, -0.1) is 0 Å². The Morgan fingerprint density at radius 2 is 2.18 bits per heavy atom. The zero-order valence-electron chi connectivity index (χ0n) is 13.9. The van der Waals surface area contributed by atoms with Crippen LogP contribution in [0.2, 0.25) is 0 Å². The first-order valence-electron chi connectivity index (χ1n) is 8.22. The van der Waals surface area contributed by atoms with Crippen LogP contribution < -0.4 is 10.6 Å². The molecule has 3 nitrogen and oxygen atoms in total. The third-order valence-electron chi connectivity index (χ3n) is 4.04. The first-order valence-corrected chi connectivity index (χ1v) is 9.37. The predicted octanol–water partition coefficient (Wildman–Crippen LogP) is 3.29. The van der Waals surface area contributed by atoms with Gasteiger partial charge in [-0.2, -0.15) is 11.8 Å². The zero-order valence-corrected chi connectivity index (χ0v) is 14.7. The second-order valence-corrected chi connectivity index (χ2v) is 7.69. The standard InChI is InChI=1S/C18H28N2OS/c1-13(2)10-17(16-7-5-4-6-14(16)3)20-18(21)11-15-12-22-9-8-19-15/h4-7,13,15,17,19H,8-12H2,1-3H3,(H,20,21). The van der Waals surface area contributed by atoms with Gasteiger partial charge in [0, 0.05) is 30.5 Å². The van der Waals surface area contributed by atoms with Crippen LogP contribution in [-0.4, -0.2) is 30.0 Å². The quantitative estimate of drug-likeness (QED) is 0.845. The van der Waals surface area contributed by atoms with Gasteiger partial charge in [0.05, 0.1) is 6.04 Å². The van der Waals surface area contributed by atoms with E-state index in [2.05, 4.69) is 55.7 Å². The number of carbonyl (C=O) groups is 1. The minimum atomic E-state index is 0.116. The molecule has 4 heteroatoms. The largest absolute Gasteiger partial charge is 0.349 e. The van der Waals surface area contributed by atoms with Crippen molar-refractivity contribution in [2.24, 2.45) is 5.92 Å². The molecule has 1 heterocycles. The van der Waals surface area contributed by atoms with Gasteiger partial charge in [0.2, 0.25) is 5.91 Å². The molecule has 0 aromatic heterocycles. The molecule has 22 heavy (non-hydrogen) atoms. The number of carbonyl (C=O) groups excluding carboxylic acids is 1. The lowest BCUT2D eigenvalue weighted by molar-refractivity contribution is -0.122. The first-order chi connectivity index (χ1) is 10.6. The number of benzene rings is 1. The van der Waals surface area contributed by atoms with Crippen molar-refractivity contribution >= 4 is 17.7 Å². The first kappa shape index (κ1) is 17.4. The number of rotatable bonds is 6. The zero-order chi connectivity index (χ0) is 15.9. The van der Waals surface area contributed by atoms with Crippen LogP contribution in [-0.2, 0) is 4.79 Å². The molecule has 2 rings (SSSR count). The van der Waals surface area contributed by atoms with Gasteiger partial charge in [-0.25, -0.2) is 0 Å². The summed E-state index contributed by atoms with van der Waals surface area (Å²) < 4.78 is 0. The molecule has 1 saturated heterocycles. The van der Waals surface area contributed by atoms with E-state index < -0.39 is 0 Å². The maximum atomic E-state index is 12.4. The topological polar surface area (TPSA) is 41.1 Å². The molecule has 1 amide bonds. The molecule has 0 aliphatic carbocycles. The van der Waals surface area contributed by atoms with E-state index in [0.717, 1.165) is 24.5 Å². The van der Waals surface area contributed by atoms with E-state index in [4.69, 9.17) is 0 Å². The van der Waals surface area contributed by atoms with E-state index in [1.165, 1.54) is 11.1 Å². The smallest absolute Gasteiger partial charge is 0.222 e. The summed E-state index contributed by atoms with van der Waals surface area (Å²) in [5, 5.41) is 6.70. The molecule has 2 atom stereocenters. The van der Waals surface area contributed by atoms with Gasteiger partial charge >= 0.3 is 0 Å². The number of hydrogen-bond acceptors (Lipinski definition) is 3. The predicted molar refractivity (Wildman–Crippen MR) is 95.3 cm³/mol. The van der Waals surface area contributed by atoms with Crippen LogP contribution in [0.4, 0.5) is 0 Å². The third-order valence-corrected chi connectivity index (χ3v) is 5.17. The Morgan fingerprint density at radius 1 is 1.41 bits per heavy atom. The summed E-state index contributed by atoms with van der Waals surface area (Å²) in [5.74, 6) is 2.89. The lowest BCUT2D eigenvalue weighted by Gasteiger charge is -2.26. The highest BCUT2D eigenvalue weighted by molar-refractivity contribution is 7.99. The second-order valence-electron chi connectivity index (χ2n) is 6.54. The molecule has 0 saturated carbocycles. The monoisotopic (exact) mass is 320 g/mol. The highest BCUT2D eigenvalue weighted by Crippen LogP contribution is 2.24. The van der Waals surface area contributed by atoms with Crippen molar-refractivity contribution in [1.82, 2.24) is 10.6 Å². The van der Waals surface area contributed by atoms with Crippen molar-refractivity contribution in [3.63, 3.8) is 0 Å². The summed E-state index contributed by atoms with van der Waals surface area (Å²) in [4.78, 5) is 12.4. The van der Waals surface area contributed by atoms with E-state index in [1.807, 2.05) is 11.8 Å². The van der Waals surface area contributed by atoms with Crippen LogP contribution in [0.3, 0.4) is 0 Å². The van der Waals surface area contributed by atoms with E-state index in [-0.39, 0.29) is 11.9 Å². The molecule has 0 spiro atoms. The van der Waals surface area contributed by atoms with Gasteiger partial charge in [0.15, 0.2) is 0 Å². The Hall–Kier alpha value is -1.000. The molecule has 0 bridgehead atoms. The summed E-state index contributed by atoms with van der Waals surface area (Å²) in [6.07, 6.45) is 1.55. The molecule has 0 radical (unpaired) electrons. The van der Waals surface area contributed by atoms with Crippen LogP contribution in [0.25, 0.3) is 0 Å². The number of hydrogen-bond donors (Lipinski definition) is 2. The van der Waals surface area contributed by atoms with Crippen molar-refractivity contribution in [2.75, 3.05) is 18.1 Å². The van der Waals surface area contributed by atoms with Crippen LogP contribution in [0.5, 0.6) is 0 Å². The minimum Gasteiger partial charge on any atom is -0.349 e. The maximum absolute atomic E-state index is 12.4. The average molecular weight is 321 g/mol. The minimum absolute atomic E-state index is 0.116. The van der Waals surface area contributed by atoms with Crippen molar-refractivity contribution in [3.8, 4) is 0 Å². The Kier molecular flexibility index (Phi) is 6.77. The molecule has 2 N–H and O–H groups in total. The molecule has 1 aliphatic rings. The van der Waals surface area contributed by atoms with Crippen LogP contribution in [0, 0.1) is 12.8 Å². The van der Waals surface area contributed by atoms with Crippen molar-refractivity contribution in [3.05, 3.63) is 35.4 Å². The lowest BCUT2D eigenvalue weighted by Crippen LogP contribution is -2.42. The fourth-order valence-corrected chi connectivity index (χ4v) is 3.89. The van der Waals surface area contributed by atoms with Gasteiger partial charge in [-0.1, -0.05) is 38.1 Å². The average Bonchev–Trinajstić information content (AvgIpc) is 2.47. The van der Waals surface area contributed by atoms with Crippen LogP contribution in [0.1, 0.15) is 43.9 Å². The van der Waals surface area contributed by atoms with Gasteiger partial charge < -0.3 is 10.6 Å². The Bertz CT molecular complexity index is 484. The molecular formula is C18H28N2OS. The van der Waals surface area contributed by atoms with E-state index in [9.17, 15) is 4.79 Å². The normalized spacial score (nSPS) is 19.9. The molecule has 1 aromatic rings. The summed E-state index contributed by atoms with van der Waals surface area (Å²) in [7, 11) is 0. The molecule has 1 aromatic carbocycles. The van der Waals surface area contributed by atoms with Crippen molar-refractivity contribution in [2.45, 2.75) is 45.7 Å². The number of nitrogens with one attached hydrogen (secondary N) is 2. The molecule has 1 aliphatic heterocycles. The lowest BCUT2D eigenvalue weighted by atomic mass is 9.93. The fourth-order valence-electron chi connectivity index (χ4n) is 2.94. The Balaban J connectivity index is 2.00. The number of amides is 1. The summed E-state index contributed by atoms with van der Waals surface area (Å²) in [5.41, 5.74) is 2.50. The summed E-state index contributed by atoms with van der Waals surface area (Å²) >= 11 is 1.93. The molecule has 122 valence electrons. The van der Waals surface area contributed by atoms with Crippen LogP contribution in [0.15, 0.2) is 24.3 Å². The van der Waals surface area contributed by atoms with E-state index >= 15 is 0 Å². The van der Waals surface area contributed by atoms with Crippen molar-refractivity contribution < 1.29 is 4.79 Å². The number of thioether (sulfide) groups is 1.